The first-order valence-corrected chi connectivity index (χ1v) is 7.78. The second-order valence-electron chi connectivity index (χ2n) is 5.30. The number of benzene rings is 2. The van der Waals surface area contributed by atoms with E-state index in [2.05, 4.69) is 4.99 Å². The first kappa shape index (κ1) is 15.5. The summed E-state index contributed by atoms with van der Waals surface area (Å²) in [6.45, 7) is 0.175. The Bertz CT molecular complexity index is 935. The number of nitrogens with zero attached hydrogens (tertiary/aromatic N) is 1. The average Bonchev–Trinajstić information content (AvgIpc) is 3.21. The minimum absolute atomic E-state index is 0.175. The van der Waals surface area contributed by atoms with Crippen molar-refractivity contribution in [2.75, 3.05) is 13.9 Å². The van der Waals surface area contributed by atoms with Gasteiger partial charge in [-0.15, -0.1) is 0 Å². The molecule has 0 saturated carbocycles. The van der Waals surface area contributed by atoms with Crippen molar-refractivity contribution in [1.29, 1.82) is 0 Å². The van der Waals surface area contributed by atoms with E-state index < -0.39 is 5.97 Å². The van der Waals surface area contributed by atoms with Gasteiger partial charge in [0.2, 0.25) is 12.7 Å². The van der Waals surface area contributed by atoms with Gasteiger partial charge in [0.15, 0.2) is 17.2 Å². The zero-order valence-corrected chi connectivity index (χ0v) is 13.9. The molecule has 4 rings (SSSR count). The fraction of sp³-hybridized carbons (Fsp3) is 0.111. The third-order valence-corrected chi connectivity index (χ3v) is 4.01. The van der Waals surface area contributed by atoms with Gasteiger partial charge in [-0.3, -0.25) is 0 Å². The van der Waals surface area contributed by atoms with Gasteiger partial charge in [-0.2, -0.15) is 0 Å². The lowest BCUT2D eigenvalue weighted by Gasteiger charge is -2.03. The van der Waals surface area contributed by atoms with E-state index in [0.717, 1.165) is 0 Å². The first-order chi connectivity index (χ1) is 12.1. The summed E-state index contributed by atoms with van der Waals surface area (Å²) in [6, 6.07) is 10.4. The molecule has 2 aromatic carbocycles. The summed E-state index contributed by atoms with van der Waals surface area (Å²) < 4.78 is 21.0. The van der Waals surface area contributed by atoms with E-state index in [9.17, 15) is 4.79 Å². The molecular formula is C18H12ClNO5. The molecule has 0 radical (unpaired) electrons. The van der Waals surface area contributed by atoms with Gasteiger partial charge in [0.25, 0.3) is 0 Å². The second kappa shape index (κ2) is 6.14. The first-order valence-electron chi connectivity index (χ1n) is 7.40. The van der Waals surface area contributed by atoms with E-state index in [0.29, 0.717) is 33.4 Å². The highest BCUT2D eigenvalue weighted by Gasteiger charge is 2.26. The maximum absolute atomic E-state index is 12.1. The number of esters is 1. The third-order valence-electron chi connectivity index (χ3n) is 3.72. The van der Waals surface area contributed by atoms with Crippen LogP contribution in [0, 0.1) is 0 Å². The molecule has 0 aromatic heterocycles. The van der Waals surface area contributed by atoms with Crippen LogP contribution in [-0.2, 0) is 9.53 Å². The quantitative estimate of drug-likeness (QED) is 0.622. The predicted octanol–water partition coefficient (Wildman–Crippen LogP) is 3.42. The average molecular weight is 358 g/mol. The molecule has 0 aliphatic carbocycles. The molecule has 0 fully saturated rings. The van der Waals surface area contributed by atoms with Crippen LogP contribution in [0.1, 0.15) is 11.1 Å². The summed E-state index contributed by atoms with van der Waals surface area (Å²) in [5, 5.41) is 0.447. The Balaban J connectivity index is 1.65. The highest BCUT2D eigenvalue weighted by molar-refractivity contribution is 6.32. The molecule has 0 saturated heterocycles. The van der Waals surface area contributed by atoms with Crippen LogP contribution in [0.4, 0.5) is 0 Å². The van der Waals surface area contributed by atoms with Gasteiger partial charge < -0.3 is 18.9 Å². The van der Waals surface area contributed by atoms with Crippen molar-refractivity contribution in [1.82, 2.24) is 0 Å². The van der Waals surface area contributed by atoms with E-state index >= 15 is 0 Å². The van der Waals surface area contributed by atoms with Crippen molar-refractivity contribution < 1.29 is 23.7 Å². The monoisotopic (exact) mass is 357 g/mol. The number of cyclic esters (lactones) is 1. The molecule has 0 amide bonds. The Morgan fingerprint density at radius 1 is 1.16 bits per heavy atom. The van der Waals surface area contributed by atoms with Gasteiger partial charge in [0.1, 0.15) is 5.75 Å². The largest absolute Gasteiger partial charge is 0.495 e. The molecule has 2 heterocycles. The molecule has 2 aliphatic rings. The summed E-state index contributed by atoms with van der Waals surface area (Å²) in [6.07, 6.45) is 1.60. The molecule has 0 atom stereocenters. The Hall–Kier alpha value is -2.99. The zero-order chi connectivity index (χ0) is 17.4. The maximum Gasteiger partial charge on any atom is 0.363 e. The fourth-order valence-electron chi connectivity index (χ4n) is 2.49. The summed E-state index contributed by atoms with van der Waals surface area (Å²) in [7, 11) is 1.54. The maximum atomic E-state index is 12.1. The predicted molar refractivity (Wildman–Crippen MR) is 91.2 cm³/mol. The number of rotatable bonds is 3. The second-order valence-corrected chi connectivity index (χ2v) is 5.71. The number of hydrogen-bond acceptors (Lipinski definition) is 6. The molecule has 0 unspecified atom stereocenters. The van der Waals surface area contributed by atoms with Crippen molar-refractivity contribution in [3.8, 4) is 17.2 Å². The number of ether oxygens (including phenoxy) is 4. The van der Waals surface area contributed by atoms with Crippen LogP contribution >= 0.6 is 11.6 Å². The van der Waals surface area contributed by atoms with Crippen molar-refractivity contribution in [2.24, 2.45) is 4.99 Å². The zero-order valence-electron chi connectivity index (χ0n) is 13.1. The van der Waals surface area contributed by atoms with Gasteiger partial charge in [-0.05, 0) is 42.0 Å². The molecule has 0 N–H and O–H groups in total. The van der Waals surface area contributed by atoms with E-state index in [1.807, 2.05) is 0 Å². The minimum atomic E-state index is -0.528. The lowest BCUT2D eigenvalue weighted by molar-refractivity contribution is -0.129. The topological polar surface area (TPSA) is 66.3 Å². The number of fused-ring (bicyclic) bond motifs is 1. The lowest BCUT2D eigenvalue weighted by Crippen LogP contribution is -2.05. The highest BCUT2D eigenvalue weighted by Crippen LogP contribution is 2.34. The van der Waals surface area contributed by atoms with Gasteiger partial charge in [0, 0.05) is 5.56 Å². The van der Waals surface area contributed by atoms with E-state index in [-0.39, 0.29) is 18.4 Å². The third kappa shape index (κ3) is 2.92. The molecule has 2 aliphatic heterocycles. The lowest BCUT2D eigenvalue weighted by atomic mass is 10.2. The van der Waals surface area contributed by atoms with Crippen molar-refractivity contribution in [3.05, 3.63) is 58.2 Å². The number of aliphatic imine (C=N–C) groups is 1. The molecule has 0 spiro atoms. The number of carbonyl (C=O) groups excluding carboxylic acids is 1. The summed E-state index contributed by atoms with van der Waals surface area (Å²) in [4.78, 5) is 16.4. The van der Waals surface area contributed by atoms with E-state index in [4.69, 9.17) is 30.5 Å². The summed E-state index contributed by atoms with van der Waals surface area (Å²) in [5.74, 6) is 1.49. The SMILES string of the molecule is COc1ccc(/C=C2\N=C(c3ccc4c(c3)OCO4)OC2=O)cc1Cl. The Morgan fingerprint density at radius 3 is 2.80 bits per heavy atom. The Morgan fingerprint density at radius 2 is 2.00 bits per heavy atom. The van der Waals surface area contributed by atoms with Gasteiger partial charge >= 0.3 is 5.97 Å². The van der Waals surface area contributed by atoms with Crippen LogP contribution in [0.3, 0.4) is 0 Å². The van der Waals surface area contributed by atoms with Crippen LogP contribution in [-0.4, -0.2) is 25.8 Å². The van der Waals surface area contributed by atoms with Crippen LogP contribution in [0.25, 0.3) is 6.08 Å². The van der Waals surface area contributed by atoms with Crippen molar-refractivity contribution in [3.63, 3.8) is 0 Å². The van der Waals surface area contributed by atoms with Gasteiger partial charge in [-0.1, -0.05) is 17.7 Å². The number of hydrogen-bond donors (Lipinski definition) is 0. The number of halogens is 1. The van der Waals surface area contributed by atoms with Crippen LogP contribution in [0.15, 0.2) is 47.1 Å². The minimum Gasteiger partial charge on any atom is -0.495 e. The van der Waals surface area contributed by atoms with Crippen LogP contribution in [0.5, 0.6) is 17.2 Å². The van der Waals surface area contributed by atoms with E-state index in [1.54, 1.807) is 42.5 Å². The smallest absolute Gasteiger partial charge is 0.363 e. The van der Waals surface area contributed by atoms with Crippen LogP contribution < -0.4 is 14.2 Å². The highest BCUT2D eigenvalue weighted by atomic mass is 35.5. The molecule has 126 valence electrons. The molecule has 25 heavy (non-hydrogen) atoms. The van der Waals surface area contributed by atoms with Crippen LogP contribution in [0.2, 0.25) is 5.02 Å². The fourth-order valence-corrected chi connectivity index (χ4v) is 2.76. The molecule has 6 nitrogen and oxygen atoms in total. The molecular weight excluding hydrogens is 346 g/mol. The molecule has 0 bridgehead atoms. The normalized spacial score (nSPS) is 16.8. The number of methoxy groups -OCH3 is 1. The Kier molecular flexibility index (Phi) is 3.82. The Labute approximate surface area is 148 Å². The van der Waals surface area contributed by atoms with Crippen molar-refractivity contribution >= 4 is 29.5 Å². The van der Waals surface area contributed by atoms with Gasteiger partial charge in [0.05, 0.1) is 12.1 Å². The van der Waals surface area contributed by atoms with Crippen molar-refractivity contribution in [2.45, 2.75) is 0 Å². The molecule has 2 aromatic rings. The standard InChI is InChI=1S/C18H12ClNO5/c1-22-14-4-2-10(6-12(14)19)7-13-18(21)25-17(20-13)11-3-5-15-16(8-11)24-9-23-15/h2-8H,9H2,1H3/b13-7-. The summed E-state index contributed by atoms with van der Waals surface area (Å²) >= 11 is 6.10. The summed E-state index contributed by atoms with van der Waals surface area (Å²) in [5.41, 5.74) is 1.54. The molecule has 7 heteroatoms. The van der Waals surface area contributed by atoms with Gasteiger partial charge in [-0.25, -0.2) is 9.79 Å². The van der Waals surface area contributed by atoms with E-state index in [1.165, 1.54) is 7.11 Å². The number of carbonyl (C=O) groups is 1.